The second-order valence-electron chi connectivity index (χ2n) is 6.96. The Morgan fingerprint density at radius 2 is 1.82 bits per heavy atom. The Morgan fingerprint density at radius 3 is 2.61 bits per heavy atom. The van der Waals surface area contributed by atoms with Crippen molar-refractivity contribution < 1.29 is 22.3 Å². The van der Waals surface area contributed by atoms with E-state index in [0.29, 0.717) is 38.3 Å². The summed E-state index contributed by atoms with van der Waals surface area (Å²) in [6.07, 6.45) is 1.23. The van der Waals surface area contributed by atoms with Crippen molar-refractivity contribution in [3.8, 4) is 5.75 Å². The first-order valence-electron chi connectivity index (χ1n) is 9.26. The van der Waals surface area contributed by atoms with Crippen molar-refractivity contribution in [2.24, 2.45) is 5.92 Å². The van der Waals surface area contributed by atoms with Gasteiger partial charge in [-0.05, 0) is 49.2 Å². The second-order valence-corrected chi connectivity index (χ2v) is 8.90. The van der Waals surface area contributed by atoms with Gasteiger partial charge >= 0.3 is 0 Å². The first kappa shape index (κ1) is 18.9. The maximum absolute atomic E-state index is 13.2. The lowest BCUT2D eigenvalue weighted by Crippen LogP contribution is -2.48. The molecular formula is C20H21FN2O4S. The van der Waals surface area contributed by atoms with Crippen LogP contribution in [0.3, 0.4) is 0 Å². The van der Waals surface area contributed by atoms with E-state index in [2.05, 4.69) is 0 Å². The van der Waals surface area contributed by atoms with Crippen molar-refractivity contribution in [3.05, 3.63) is 54.3 Å². The minimum Gasteiger partial charge on any atom is -0.490 e. The van der Waals surface area contributed by atoms with Crippen molar-refractivity contribution in [2.75, 3.05) is 31.1 Å². The number of sulfonamides is 1. The SMILES string of the molecule is O=C([C@@H]1CCCN(S(=O)(=O)c2ccc(F)cc2)C1)N1CCOc2ccccc21. The van der Waals surface area contributed by atoms with Crippen molar-refractivity contribution >= 4 is 21.6 Å². The topological polar surface area (TPSA) is 66.9 Å². The van der Waals surface area contributed by atoms with Gasteiger partial charge in [0.15, 0.2) is 0 Å². The number of piperidine rings is 1. The van der Waals surface area contributed by atoms with E-state index in [1.165, 1.54) is 16.4 Å². The van der Waals surface area contributed by atoms with Gasteiger partial charge in [-0.3, -0.25) is 4.79 Å². The minimum absolute atomic E-state index is 0.0405. The highest BCUT2D eigenvalue weighted by Gasteiger charge is 2.36. The number of carbonyl (C=O) groups is 1. The smallest absolute Gasteiger partial charge is 0.243 e. The summed E-state index contributed by atoms with van der Waals surface area (Å²) in [5.41, 5.74) is 0.720. The molecule has 1 atom stereocenters. The monoisotopic (exact) mass is 404 g/mol. The van der Waals surface area contributed by atoms with E-state index >= 15 is 0 Å². The number of benzene rings is 2. The summed E-state index contributed by atoms with van der Waals surface area (Å²) < 4.78 is 45.9. The van der Waals surface area contributed by atoms with E-state index in [0.717, 1.165) is 17.8 Å². The van der Waals surface area contributed by atoms with Gasteiger partial charge < -0.3 is 9.64 Å². The molecule has 0 radical (unpaired) electrons. The predicted molar refractivity (Wildman–Crippen MR) is 102 cm³/mol. The van der Waals surface area contributed by atoms with Crippen LogP contribution in [0.25, 0.3) is 0 Å². The highest BCUT2D eigenvalue weighted by molar-refractivity contribution is 7.89. The number of carbonyl (C=O) groups excluding carboxylic acids is 1. The van der Waals surface area contributed by atoms with Crippen LogP contribution in [0, 0.1) is 11.7 Å². The van der Waals surface area contributed by atoms with Gasteiger partial charge in [-0.2, -0.15) is 4.31 Å². The Morgan fingerprint density at radius 1 is 1.07 bits per heavy atom. The molecule has 0 aliphatic carbocycles. The molecule has 0 unspecified atom stereocenters. The molecule has 148 valence electrons. The van der Waals surface area contributed by atoms with E-state index in [-0.39, 0.29) is 17.3 Å². The third kappa shape index (κ3) is 3.49. The van der Waals surface area contributed by atoms with Crippen LogP contribution in [0.1, 0.15) is 12.8 Å². The molecule has 2 aliphatic heterocycles. The fourth-order valence-corrected chi connectivity index (χ4v) is 5.26. The van der Waals surface area contributed by atoms with Crippen LogP contribution in [-0.2, 0) is 14.8 Å². The van der Waals surface area contributed by atoms with Crippen molar-refractivity contribution in [3.63, 3.8) is 0 Å². The fraction of sp³-hybridized carbons (Fsp3) is 0.350. The van der Waals surface area contributed by atoms with Crippen LogP contribution in [0.2, 0.25) is 0 Å². The lowest BCUT2D eigenvalue weighted by Gasteiger charge is -2.36. The summed E-state index contributed by atoms with van der Waals surface area (Å²) in [6, 6.07) is 12.1. The summed E-state index contributed by atoms with van der Waals surface area (Å²) in [5, 5.41) is 0. The summed E-state index contributed by atoms with van der Waals surface area (Å²) >= 11 is 0. The van der Waals surface area contributed by atoms with E-state index in [4.69, 9.17) is 4.74 Å². The van der Waals surface area contributed by atoms with Gasteiger partial charge in [-0.1, -0.05) is 12.1 Å². The standard InChI is InChI=1S/C20H21FN2O4S/c21-16-7-9-17(10-8-16)28(25,26)22-11-3-4-15(14-22)20(24)23-12-13-27-19-6-2-1-5-18(19)23/h1-2,5-10,15H,3-4,11-14H2/t15-/m1/s1. The van der Waals surface area contributed by atoms with Crippen LogP contribution in [0.5, 0.6) is 5.75 Å². The highest BCUT2D eigenvalue weighted by Crippen LogP contribution is 2.33. The maximum atomic E-state index is 13.2. The molecule has 1 saturated heterocycles. The summed E-state index contributed by atoms with van der Waals surface area (Å²) in [5.74, 6) is -0.338. The summed E-state index contributed by atoms with van der Waals surface area (Å²) in [4.78, 5) is 14.9. The lowest BCUT2D eigenvalue weighted by molar-refractivity contribution is -0.123. The Balaban J connectivity index is 1.54. The fourth-order valence-electron chi connectivity index (χ4n) is 3.74. The van der Waals surface area contributed by atoms with Crippen LogP contribution >= 0.6 is 0 Å². The molecule has 8 heteroatoms. The zero-order valence-corrected chi connectivity index (χ0v) is 16.1. The number of para-hydroxylation sites is 2. The molecule has 0 bridgehead atoms. The van der Waals surface area contributed by atoms with Crippen LogP contribution in [0.15, 0.2) is 53.4 Å². The molecule has 2 aromatic carbocycles. The van der Waals surface area contributed by atoms with Gasteiger partial charge in [0.05, 0.1) is 23.0 Å². The number of hydrogen-bond acceptors (Lipinski definition) is 4. The number of halogens is 1. The molecule has 2 aromatic rings. The molecule has 1 amide bonds. The Kier molecular flexibility index (Phi) is 5.07. The number of fused-ring (bicyclic) bond motifs is 1. The molecule has 1 fully saturated rings. The predicted octanol–water partition coefficient (Wildman–Crippen LogP) is 2.65. The Bertz CT molecular complexity index is 978. The number of hydrogen-bond donors (Lipinski definition) is 0. The molecule has 2 aliphatic rings. The van der Waals surface area contributed by atoms with Gasteiger partial charge in [0.2, 0.25) is 15.9 Å². The first-order valence-corrected chi connectivity index (χ1v) is 10.7. The van der Waals surface area contributed by atoms with Crippen LogP contribution in [-0.4, -0.2) is 44.9 Å². The number of nitrogens with zero attached hydrogens (tertiary/aromatic N) is 2. The quantitative estimate of drug-likeness (QED) is 0.789. The van der Waals surface area contributed by atoms with E-state index < -0.39 is 21.8 Å². The molecule has 0 N–H and O–H groups in total. The largest absolute Gasteiger partial charge is 0.490 e. The highest BCUT2D eigenvalue weighted by atomic mass is 32.2. The Hall–Kier alpha value is -2.45. The van der Waals surface area contributed by atoms with E-state index in [9.17, 15) is 17.6 Å². The van der Waals surface area contributed by atoms with Crippen molar-refractivity contribution in [1.29, 1.82) is 0 Å². The summed E-state index contributed by atoms with van der Waals surface area (Å²) in [6.45, 7) is 1.32. The van der Waals surface area contributed by atoms with Crippen molar-refractivity contribution in [2.45, 2.75) is 17.7 Å². The molecule has 0 spiro atoms. The minimum atomic E-state index is -3.77. The average Bonchev–Trinajstić information content (AvgIpc) is 2.73. The normalized spacial score (nSPS) is 20.3. The zero-order chi connectivity index (χ0) is 19.7. The van der Waals surface area contributed by atoms with Crippen LogP contribution in [0.4, 0.5) is 10.1 Å². The number of anilines is 1. The van der Waals surface area contributed by atoms with Gasteiger partial charge in [-0.25, -0.2) is 12.8 Å². The van der Waals surface area contributed by atoms with E-state index in [1.807, 2.05) is 24.3 Å². The number of amides is 1. The number of ether oxygens (including phenoxy) is 1. The van der Waals surface area contributed by atoms with Gasteiger partial charge in [-0.15, -0.1) is 0 Å². The maximum Gasteiger partial charge on any atom is 0.243 e. The Labute approximate surface area is 163 Å². The second kappa shape index (κ2) is 7.52. The van der Waals surface area contributed by atoms with Gasteiger partial charge in [0, 0.05) is 13.1 Å². The van der Waals surface area contributed by atoms with E-state index in [1.54, 1.807) is 4.90 Å². The van der Waals surface area contributed by atoms with Gasteiger partial charge in [0.25, 0.3) is 0 Å². The molecule has 2 heterocycles. The van der Waals surface area contributed by atoms with Gasteiger partial charge in [0.1, 0.15) is 18.2 Å². The molecular weight excluding hydrogens is 383 g/mol. The lowest BCUT2D eigenvalue weighted by atomic mass is 9.97. The third-order valence-corrected chi connectivity index (χ3v) is 7.06. The molecule has 4 rings (SSSR count). The summed E-state index contributed by atoms with van der Waals surface area (Å²) in [7, 11) is -3.77. The molecule has 28 heavy (non-hydrogen) atoms. The first-order chi connectivity index (χ1) is 13.5. The molecule has 0 aromatic heterocycles. The average molecular weight is 404 g/mol. The van der Waals surface area contributed by atoms with Crippen molar-refractivity contribution in [1.82, 2.24) is 4.31 Å². The zero-order valence-electron chi connectivity index (χ0n) is 15.3. The molecule has 0 saturated carbocycles. The molecule has 6 nitrogen and oxygen atoms in total. The third-order valence-electron chi connectivity index (χ3n) is 5.18. The number of rotatable bonds is 3. The van der Waals surface area contributed by atoms with Crippen LogP contribution < -0.4 is 9.64 Å².